The van der Waals surface area contributed by atoms with E-state index in [-0.39, 0.29) is 35.8 Å². The quantitative estimate of drug-likeness (QED) is 0.192. The summed E-state index contributed by atoms with van der Waals surface area (Å²) in [5.41, 5.74) is 2.92. The Morgan fingerprint density at radius 1 is 0.681 bits per heavy atom. The molecular weight excluding hydrogens is 590 g/mol. The Balaban J connectivity index is 1.17. The number of aromatic hydroxyl groups is 1. The molecule has 0 bridgehead atoms. The van der Waals surface area contributed by atoms with Gasteiger partial charge in [-0.15, -0.1) is 0 Å². The highest BCUT2D eigenvalue weighted by Crippen LogP contribution is 2.64. The zero-order valence-corrected chi connectivity index (χ0v) is 25.7. The van der Waals surface area contributed by atoms with Crippen LogP contribution >= 0.6 is 0 Å². The number of para-hydroxylation sites is 3. The summed E-state index contributed by atoms with van der Waals surface area (Å²) in [6.07, 6.45) is 2.59. The molecule has 234 valence electrons. The molecule has 0 aromatic heterocycles. The number of amides is 4. The molecule has 4 amide bonds. The molecule has 2 saturated heterocycles. The minimum absolute atomic E-state index is 0.0270. The van der Waals surface area contributed by atoms with Crippen molar-refractivity contribution in [1.82, 2.24) is 0 Å². The number of hydrogen-bond acceptors (Lipinski definition) is 6. The monoisotopic (exact) mass is 623 g/mol. The average Bonchev–Trinajstić information content (AvgIpc) is 3.46. The van der Waals surface area contributed by atoms with Crippen molar-refractivity contribution in [2.45, 2.75) is 25.7 Å². The number of nitrogens with zero attached hydrogens (tertiary/aromatic N) is 2. The fraction of sp³-hybridized carbons (Fsp3) is 0.231. The Morgan fingerprint density at radius 2 is 1.30 bits per heavy atom. The molecule has 1 saturated carbocycles. The van der Waals surface area contributed by atoms with E-state index < -0.39 is 35.0 Å². The van der Waals surface area contributed by atoms with Crippen molar-refractivity contribution in [2.24, 2.45) is 29.1 Å². The fourth-order valence-electron chi connectivity index (χ4n) is 8.55. The maximum atomic E-state index is 14.4. The van der Waals surface area contributed by atoms with Crippen LogP contribution < -0.4 is 15.1 Å². The van der Waals surface area contributed by atoms with Crippen LogP contribution in [0, 0.1) is 29.1 Å². The van der Waals surface area contributed by atoms with Gasteiger partial charge in [0.25, 0.3) is 0 Å². The van der Waals surface area contributed by atoms with Gasteiger partial charge in [-0.3, -0.25) is 24.1 Å². The lowest BCUT2D eigenvalue weighted by molar-refractivity contribution is -0.131. The summed E-state index contributed by atoms with van der Waals surface area (Å²) >= 11 is 0. The summed E-state index contributed by atoms with van der Waals surface area (Å²) in [7, 11) is 0. The van der Waals surface area contributed by atoms with Gasteiger partial charge >= 0.3 is 0 Å². The van der Waals surface area contributed by atoms with Crippen LogP contribution in [0.4, 0.5) is 22.7 Å². The number of carbonyl (C=O) groups excluding carboxylic acids is 4. The summed E-state index contributed by atoms with van der Waals surface area (Å²) < 4.78 is 0. The van der Waals surface area contributed by atoms with Gasteiger partial charge in [0, 0.05) is 22.9 Å². The van der Waals surface area contributed by atoms with Gasteiger partial charge in [-0.05, 0) is 80.3 Å². The first-order chi connectivity index (χ1) is 22.8. The van der Waals surface area contributed by atoms with E-state index in [0.717, 1.165) is 16.9 Å². The van der Waals surface area contributed by atoms with E-state index in [2.05, 4.69) is 5.32 Å². The van der Waals surface area contributed by atoms with Gasteiger partial charge in [0.2, 0.25) is 23.6 Å². The maximum absolute atomic E-state index is 14.4. The highest BCUT2D eigenvalue weighted by molar-refractivity contribution is 6.25. The predicted molar refractivity (Wildman–Crippen MR) is 178 cm³/mol. The van der Waals surface area contributed by atoms with Crippen LogP contribution in [0.1, 0.15) is 31.2 Å². The van der Waals surface area contributed by atoms with Crippen LogP contribution in [0.3, 0.4) is 0 Å². The Bertz CT molecular complexity index is 1960. The zero-order valence-electron chi connectivity index (χ0n) is 25.7. The Morgan fingerprint density at radius 3 is 2.00 bits per heavy atom. The Kier molecular flexibility index (Phi) is 6.65. The molecule has 4 aromatic rings. The second kappa shape index (κ2) is 10.8. The van der Waals surface area contributed by atoms with Crippen LogP contribution in [0.5, 0.6) is 5.75 Å². The van der Waals surface area contributed by atoms with Crippen LogP contribution in [-0.4, -0.2) is 28.7 Å². The molecule has 8 nitrogen and oxygen atoms in total. The van der Waals surface area contributed by atoms with Crippen molar-refractivity contribution < 1.29 is 24.3 Å². The molecule has 2 heterocycles. The number of phenolic OH excluding ortho intramolecular Hbond substituents is 1. The maximum Gasteiger partial charge on any atom is 0.241 e. The van der Waals surface area contributed by atoms with Crippen LogP contribution in [0.15, 0.2) is 121 Å². The summed E-state index contributed by atoms with van der Waals surface area (Å²) in [5, 5.41) is 14.5. The number of phenols is 1. The van der Waals surface area contributed by atoms with E-state index in [0.29, 0.717) is 23.4 Å². The van der Waals surface area contributed by atoms with Crippen molar-refractivity contribution in [2.75, 3.05) is 15.1 Å². The first-order valence-corrected chi connectivity index (χ1v) is 16.0. The summed E-state index contributed by atoms with van der Waals surface area (Å²) in [6.45, 7) is 1.82. The molecule has 2 N–H and O–H groups in total. The molecule has 0 unspecified atom stereocenters. The van der Waals surface area contributed by atoms with Gasteiger partial charge in [0.05, 0.1) is 34.5 Å². The third-order valence-corrected chi connectivity index (χ3v) is 10.7. The molecule has 6 atom stereocenters. The van der Waals surface area contributed by atoms with E-state index >= 15 is 0 Å². The number of allylic oxidation sites excluding steroid dienone is 2. The number of hydrogen-bond donors (Lipinski definition) is 2. The third kappa shape index (κ3) is 4.28. The number of benzene rings is 4. The summed E-state index contributed by atoms with van der Waals surface area (Å²) in [6, 6.07) is 32.7. The molecule has 0 spiro atoms. The van der Waals surface area contributed by atoms with Crippen molar-refractivity contribution in [3.63, 3.8) is 0 Å². The Labute approximate surface area is 272 Å². The third-order valence-electron chi connectivity index (χ3n) is 10.7. The zero-order chi connectivity index (χ0) is 32.4. The normalized spacial score (nSPS) is 28.1. The minimum Gasteiger partial charge on any atom is -0.508 e. The highest BCUT2D eigenvalue weighted by atomic mass is 16.3. The number of anilines is 4. The Hall–Kier alpha value is -5.50. The smallest absolute Gasteiger partial charge is 0.241 e. The molecule has 4 aliphatic rings. The van der Waals surface area contributed by atoms with Gasteiger partial charge in [0.15, 0.2) is 0 Å². The molecule has 3 fully saturated rings. The van der Waals surface area contributed by atoms with Gasteiger partial charge < -0.3 is 10.4 Å². The average molecular weight is 624 g/mol. The van der Waals surface area contributed by atoms with Crippen LogP contribution in [0.2, 0.25) is 0 Å². The number of fused-ring (bicyclic) bond motifs is 4. The van der Waals surface area contributed by atoms with Crippen molar-refractivity contribution >= 4 is 46.4 Å². The van der Waals surface area contributed by atoms with Crippen LogP contribution in [-0.2, 0) is 19.2 Å². The van der Waals surface area contributed by atoms with Gasteiger partial charge in [-0.25, -0.2) is 4.90 Å². The molecule has 8 heteroatoms. The first kappa shape index (κ1) is 28.9. The largest absolute Gasteiger partial charge is 0.508 e. The van der Waals surface area contributed by atoms with Gasteiger partial charge in [-0.1, -0.05) is 66.2 Å². The number of carbonyl (C=O) groups is 4. The molecule has 2 aliphatic heterocycles. The van der Waals surface area contributed by atoms with E-state index in [1.165, 1.54) is 9.80 Å². The van der Waals surface area contributed by atoms with Crippen molar-refractivity contribution in [3.05, 3.63) is 126 Å². The molecule has 2 aliphatic carbocycles. The van der Waals surface area contributed by atoms with Gasteiger partial charge in [-0.2, -0.15) is 0 Å². The summed E-state index contributed by atoms with van der Waals surface area (Å²) in [5.74, 6) is -4.29. The minimum atomic E-state index is -1.20. The summed E-state index contributed by atoms with van der Waals surface area (Å²) in [4.78, 5) is 59.5. The van der Waals surface area contributed by atoms with E-state index in [1.807, 2.05) is 67.6 Å². The second-order valence-corrected chi connectivity index (χ2v) is 13.1. The molecule has 4 aromatic carbocycles. The fourth-order valence-corrected chi connectivity index (χ4v) is 8.55. The number of nitrogens with one attached hydrogen (secondary N) is 1. The number of imide groups is 2. The first-order valence-electron chi connectivity index (χ1n) is 16.0. The molecular formula is C39H33N3O5. The SMILES string of the molecule is C[C@@]12C(=O)N(c3ccccc3)C(=O)[C@@H]1C[C@@H]1C(=CC[C@@H]3C(=O)N(c4ccc(Nc5ccccc5)cc4)C(=O)[C@@H]31)[C@@H]2c1ccccc1O. The van der Waals surface area contributed by atoms with E-state index in [1.54, 1.807) is 54.6 Å². The second-order valence-electron chi connectivity index (χ2n) is 13.1. The topological polar surface area (TPSA) is 107 Å². The molecule has 0 radical (unpaired) electrons. The lowest BCUT2D eigenvalue weighted by Gasteiger charge is -2.49. The lowest BCUT2D eigenvalue weighted by atomic mass is 9.51. The predicted octanol–water partition coefficient (Wildman–Crippen LogP) is 6.57. The van der Waals surface area contributed by atoms with Gasteiger partial charge in [0.1, 0.15) is 5.75 Å². The van der Waals surface area contributed by atoms with E-state index in [9.17, 15) is 24.3 Å². The standard InChI is InChI=1S/C39H33N3O5/c1-39-31(36(45)42(38(39)47)25-12-6-3-7-13-25)22-30-27(34(39)28-14-8-9-15-32(28)43)20-21-29-33(30)37(46)41(35(29)44)26-18-16-24(17-19-26)40-23-10-4-2-5-11-23/h2-20,29-31,33-34,40,43H,21-22H2,1H3/t29-,30+,31-,33-,34+,39+/m0/s1. The van der Waals surface area contributed by atoms with E-state index in [4.69, 9.17) is 0 Å². The van der Waals surface area contributed by atoms with Crippen molar-refractivity contribution in [3.8, 4) is 5.75 Å². The number of rotatable bonds is 5. The molecule has 47 heavy (non-hydrogen) atoms. The highest BCUT2D eigenvalue weighted by Gasteiger charge is 2.68. The van der Waals surface area contributed by atoms with Crippen LogP contribution in [0.25, 0.3) is 0 Å². The lowest BCUT2D eigenvalue weighted by Crippen LogP contribution is -2.48. The van der Waals surface area contributed by atoms with Crippen molar-refractivity contribution in [1.29, 1.82) is 0 Å². The molecule has 8 rings (SSSR count).